The normalized spacial score (nSPS) is 16.2. The third kappa shape index (κ3) is 3.26. The Labute approximate surface area is 116 Å². The van der Waals surface area contributed by atoms with Gasteiger partial charge in [-0.25, -0.2) is 4.39 Å². The second-order valence-corrected chi connectivity index (χ2v) is 4.51. The summed E-state index contributed by atoms with van der Waals surface area (Å²) in [6.45, 7) is 0.221. The van der Waals surface area contributed by atoms with E-state index < -0.39 is 6.04 Å². The van der Waals surface area contributed by atoms with Gasteiger partial charge in [0, 0.05) is 12.8 Å². The summed E-state index contributed by atoms with van der Waals surface area (Å²) in [7, 11) is 1.30. The van der Waals surface area contributed by atoms with Gasteiger partial charge in [-0.2, -0.15) is 0 Å². The van der Waals surface area contributed by atoms with Gasteiger partial charge in [-0.3, -0.25) is 9.59 Å². The quantitative estimate of drug-likeness (QED) is 0.835. The minimum absolute atomic E-state index is 0.190. The molecule has 108 valence electrons. The molecule has 0 aliphatic carbocycles. The maximum Gasteiger partial charge on any atom is 0.305 e. The van der Waals surface area contributed by atoms with E-state index in [-0.39, 0.29) is 37.1 Å². The predicted octanol–water partition coefficient (Wildman–Crippen LogP) is 1.72. The third-order valence-electron chi connectivity index (χ3n) is 3.11. The zero-order valence-electron chi connectivity index (χ0n) is 11.1. The molecule has 1 aliphatic rings. The van der Waals surface area contributed by atoms with Crippen LogP contribution in [-0.2, 0) is 14.3 Å². The molecule has 0 spiro atoms. The van der Waals surface area contributed by atoms with Crippen molar-refractivity contribution in [2.75, 3.05) is 13.7 Å². The Balaban J connectivity index is 1.87. The molecule has 0 fully saturated rings. The van der Waals surface area contributed by atoms with E-state index >= 15 is 0 Å². The molecule has 0 saturated carbocycles. The molecule has 0 saturated heterocycles. The van der Waals surface area contributed by atoms with Crippen molar-refractivity contribution in [3.63, 3.8) is 0 Å². The van der Waals surface area contributed by atoms with E-state index in [0.717, 1.165) is 0 Å². The number of fused-ring (bicyclic) bond motifs is 1. The summed E-state index contributed by atoms with van der Waals surface area (Å²) >= 11 is 0. The smallest absolute Gasteiger partial charge is 0.305 e. The van der Waals surface area contributed by atoms with Crippen LogP contribution in [-0.4, -0.2) is 25.6 Å². The molecule has 0 unspecified atom stereocenters. The Morgan fingerprint density at radius 2 is 2.25 bits per heavy atom. The van der Waals surface area contributed by atoms with E-state index in [9.17, 15) is 14.0 Å². The number of rotatable bonds is 5. The highest BCUT2D eigenvalue weighted by Gasteiger charge is 2.28. The fraction of sp³-hybridized carbons (Fsp3) is 0.429. The van der Waals surface area contributed by atoms with Crippen LogP contribution in [0, 0.1) is 5.82 Å². The number of methoxy groups -OCH3 is 1. The molecule has 1 aromatic carbocycles. The zero-order chi connectivity index (χ0) is 14.5. The van der Waals surface area contributed by atoms with Gasteiger partial charge in [-0.05, 0) is 18.6 Å². The molecule has 1 N–H and O–H groups in total. The first kappa shape index (κ1) is 14.3. The number of ether oxygens (including phenoxy) is 2. The lowest BCUT2D eigenvalue weighted by molar-refractivity contribution is -0.140. The average Bonchev–Trinajstić information content (AvgIpc) is 2.83. The molecule has 2 rings (SSSR count). The van der Waals surface area contributed by atoms with Crippen LogP contribution in [0.2, 0.25) is 0 Å². The van der Waals surface area contributed by atoms with Crippen molar-refractivity contribution in [3.8, 4) is 5.75 Å². The molecule has 1 atom stereocenters. The van der Waals surface area contributed by atoms with Crippen molar-refractivity contribution in [2.24, 2.45) is 0 Å². The Hall–Kier alpha value is -2.11. The number of esters is 1. The van der Waals surface area contributed by atoms with Gasteiger partial charge in [-0.1, -0.05) is 6.07 Å². The van der Waals surface area contributed by atoms with E-state index in [1.54, 1.807) is 12.1 Å². The van der Waals surface area contributed by atoms with Crippen LogP contribution in [0.3, 0.4) is 0 Å². The molecule has 0 aromatic heterocycles. The maximum atomic E-state index is 13.7. The van der Waals surface area contributed by atoms with Gasteiger partial charge in [0.1, 0.15) is 18.2 Å². The Morgan fingerprint density at radius 1 is 1.45 bits per heavy atom. The Bertz CT molecular complexity index is 518. The summed E-state index contributed by atoms with van der Waals surface area (Å²) in [5.41, 5.74) is 0.383. The molecule has 20 heavy (non-hydrogen) atoms. The van der Waals surface area contributed by atoms with Crippen LogP contribution in [0.1, 0.15) is 30.9 Å². The minimum atomic E-state index is -0.475. The molecule has 1 heterocycles. The number of hydrogen-bond acceptors (Lipinski definition) is 4. The number of hydrogen-bond donors (Lipinski definition) is 1. The second kappa shape index (κ2) is 6.36. The zero-order valence-corrected chi connectivity index (χ0v) is 11.1. The van der Waals surface area contributed by atoms with Gasteiger partial charge in [-0.15, -0.1) is 0 Å². The van der Waals surface area contributed by atoms with Crippen LogP contribution >= 0.6 is 0 Å². The van der Waals surface area contributed by atoms with Crippen LogP contribution in [0.4, 0.5) is 4.39 Å². The highest BCUT2D eigenvalue weighted by Crippen LogP contribution is 2.34. The highest BCUT2D eigenvalue weighted by atomic mass is 19.1. The van der Waals surface area contributed by atoms with Gasteiger partial charge in [0.05, 0.1) is 18.7 Å². The molecule has 1 aliphatic heterocycles. The molecule has 0 radical (unpaired) electrons. The number of nitrogens with one attached hydrogen (secondary N) is 1. The van der Waals surface area contributed by atoms with E-state index in [2.05, 4.69) is 10.1 Å². The van der Waals surface area contributed by atoms with Crippen LogP contribution < -0.4 is 10.1 Å². The predicted molar refractivity (Wildman–Crippen MR) is 68.6 cm³/mol. The van der Waals surface area contributed by atoms with Crippen molar-refractivity contribution in [1.82, 2.24) is 5.32 Å². The first-order valence-corrected chi connectivity index (χ1v) is 6.39. The van der Waals surface area contributed by atoms with Gasteiger partial charge in [0.15, 0.2) is 0 Å². The maximum absolute atomic E-state index is 13.7. The van der Waals surface area contributed by atoms with E-state index in [1.165, 1.54) is 13.2 Å². The number of amides is 1. The van der Waals surface area contributed by atoms with Gasteiger partial charge >= 0.3 is 5.97 Å². The summed E-state index contributed by atoms with van der Waals surface area (Å²) < 4.78 is 23.5. The first-order chi connectivity index (χ1) is 9.61. The number of carbonyl (C=O) groups excluding carboxylic acids is 2. The molecule has 0 bridgehead atoms. The summed E-state index contributed by atoms with van der Waals surface area (Å²) in [6, 6.07) is 4.09. The third-order valence-corrected chi connectivity index (χ3v) is 3.11. The number of carbonyl (C=O) groups is 2. The lowest BCUT2D eigenvalue weighted by Gasteiger charge is -2.12. The van der Waals surface area contributed by atoms with Gasteiger partial charge in [0.25, 0.3) is 0 Å². The van der Waals surface area contributed by atoms with Crippen LogP contribution in [0.25, 0.3) is 0 Å². The molecular weight excluding hydrogens is 265 g/mol. The average molecular weight is 281 g/mol. The van der Waals surface area contributed by atoms with Crippen molar-refractivity contribution in [3.05, 3.63) is 29.6 Å². The molecule has 6 heteroatoms. The topological polar surface area (TPSA) is 64.6 Å². The summed E-state index contributed by atoms with van der Waals surface area (Å²) in [5.74, 6) is -0.512. The van der Waals surface area contributed by atoms with Crippen molar-refractivity contribution in [2.45, 2.75) is 25.3 Å². The minimum Gasteiger partial charge on any atom is -0.491 e. The lowest BCUT2D eigenvalue weighted by Crippen LogP contribution is -2.29. The summed E-state index contributed by atoms with van der Waals surface area (Å²) in [4.78, 5) is 22.7. The number of halogens is 1. The Morgan fingerprint density at radius 3 is 3.00 bits per heavy atom. The molecular formula is C14H16FNO4. The monoisotopic (exact) mass is 281 g/mol. The SMILES string of the molecule is COC(=O)CCCC(=O)N[C@@H]1COc2cccc(F)c21. The van der Waals surface area contributed by atoms with Crippen molar-refractivity contribution < 1.29 is 23.5 Å². The van der Waals surface area contributed by atoms with E-state index in [1.807, 2.05) is 0 Å². The number of benzene rings is 1. The van der Waals surface area contributed by atoms with Crippen LogP contribution in [0.5, 0.6) is 5.75 Å². The van der Waals surface area contributed by atoms with E-state index in [4.69, 9.17) is 4.74 Å². The van der Waals surface area contributed by atoms with Gasteiger partial charge < -0.3 is 14.8 Å². The Kier molecular flexibility index (Phi) is 4.55. The highest BCUT2D eigenvalue weighted by molar-refractivity contribution is 5.77. The molecule has 5 nitrogen and oxygen atoms in total. The lowest BCUT2D eigenvalue weighted by atomic mass is 10.1. The standard InChI is InChI=1S/C14H16FNO4/c1-19-13(18)7-3-6-12(17)16-10-8-20-11-5-2-4-9(15)14(10)11/h2,4-5,10H,3,6-8H2,1H3,(H,16,17)/t10-/m1/s1. The van der Waals surface area contributed by atoms with Crippen molar-refractivity contribution >= 4 is 11.9 Å². The van der Waals surface area contributed by atoms with Crippen molar-refractivity contribution in [1.29, 1.82) is 0 Å². The fourth-order valence-electron chi connectivity index (χ4n) is 2.11. The van der Waals surface area contributed by atoms with Crippen LogP contribution in [0.15, 0.2) is 18.2 Å². The first-order valence-electron chi connectivity index (χ1n) is 6.39. The summed E-state index contributed by atoms with van der Waals surface area (Å²) in [5, 5.41) is 2.71. The second-order valence-electron chi connectivity index (χ2n) is 4.51. The van der Waals surface area contributed by atoms with E-state index in [0.29, 0.717) is 17.7 Å². The fourth-order valence-corrected chi connectivity index (χ4v) is 2.11. The molecule has 1 aromatic rings. The summed E-state index contributed by atoms with van der Waals surface area (Å²) in [6.07, 6.45) is 0.779. The molecule has 1 amide bonds. The van der Waals surface area contributed by atoms with Gasteiger partial charge in [0.2, 0.25) is 5.91 Å². The largest absolute Gasteiger partial charge is 0.491 e.